The second-order valence-corrected chi connectivity index (χ2v) is 4.42. The van der Waals surface area contributed by atoms with Gasteiger partial charge in [0.2, 0.25) is 0 Å². The number of aromatic nitrogens is 3. The Labute approximate surface area is 104 Å². The van der Waals surface area contributed by atoms with Gasteiger partial charge in [-0.05, 0) is 26.0 Å². The maximum Gasteiger partial charge on any atom is 0.0844 e. The molecule has 0 bridgehead atoms. The minimum absolute atomic E-state index is 0.583. The SMILES string of the molecule is Cc1nn(Cc2cc(Cl)ccn2)c(C)c1Cl. The van der Waals surface area contributed by atoms with Gasteiger partial charge in [-0.2, -0.15) is 5.10 Å². The molecule has 2 heterocycles. The van der Waals surface area contributed by atoms with Crippen LogP contribution >= 0.6 is 23.2 Å². The van der Waals surface area contributed by atoms with Gasteiger partial charge in [-0.25, -0.2) is 0 Å². The highest BCUT2D eigenvalue weighted by Crippen LogP contribution is 2.19. The monoisotopic (exact) mass is 255 g/mol. The van der Waals surface area contributed by atoms with E-state index in [1.165, 1.54) is 0 Å². The Morgan fingerprint density at radius 2 is 2.06 bits per heavy atom. The van der Waals surface area contributed by atoms with E-state index in [0.29, 0.717) is 16.6 Å². The molecule has 5 heteroatoms. The molecule has 0 aliphatic carbocycles. The Morgan fingerprint density at radius 1 is 1.31 bits per heavy atom. The fourth-order valence-corrected chi connectivity index (χ4v) is 1.84. The van der Waals surface area contributed by atoms with E-state index >= 15 is 0 Å². The first kappa shape index (κ1) is 11.4. The normalized spacial score (nSPS) is 10.8. The molecule has 3 nitrogen and oxygen atoms in total. The van der Waals surface area contributed by atoms with Gasteiger partial charge in [-0.3, -0.25) is 9.67 Å². The van der Waals surface area contributed by atoms with Crippen LogP contribution in [0.2, 0.25) is 10.0 Å². The van der Waals surface area contributed by atoms with Gasteiger partial charge in [0.05, 0.1) is 28.6 Å². The summed E-state index contributed by atoms with van der Waals surface area (Å²) >= 11 is 12.0. The smallest absolute Gasteiger partial charge is 0.0844 e. The third kappa shape index (κ3) is 2.20. The molecule has 84 valence electrons. The molecule has 0 aliphatic rings. The number of pyridine rings is 1. The Hall–Kier alpha value is -1.06. The molecule has 0 N–H and O–H groups in total. The summed E-state index contributed by atoms with van der Waals surface area (Å²) in [5.74, 6) is 0. The summed E-state index contributed by atoms with van der Waals surface area (Å²) < 4.78 is 1.83. The Balaban J connectivity index is 2.30. The molecule has 0 aromatic carbocycles. The van der Waals surface area contributed by atoms with Crippen LogP contribution in [-0.2, 0) is 6.54 Å². The van der Waals surface area contributed by atoms with E-state index in [2.05, 4.69) is 10.1 Å². The fourth-order valence-electron chi connectivity index (χ4n) is 1.52. The Kier molecular flexibility index (Phi) is 3.17. The highest BCUT2D eigenvalue weighted by Gasteiger charge is 2.09. The van der Waals surface area contributed by atoms with E-state index in [1.54, 1.807) is 12.3 Å². The summed E-state index contributed by atoms with van der Waals surface area (Å²) in [6.45, 7) is 4.41. The van der Waals surface area contributed by atoms with Crippen molar-refractivity contribution in [2.24, 2.45) is 0 Å². The number of halogens is 2. The minimum atomic E-state index is 0.583. The third-order valence-electron chi connectivity index (χ3n) is 2.38. The molecule has 0 saturated heterocycles. The maximum absolute atomic E-state index is 6.07. The van der Waals surface area contributed by atoms with Gasteiger partial charge in [0.25, 0.3) is 0 Å². The predicted molar refractivity (Wildman–Crippen MR) is 65.1 cm³/mol. The van der Waals surface area contributed by atoms with Crippen LogP contribution in [0.25, 0.3) is 0 Å². The standard InChI is InChI=1S/C11H11Cl2N3/c1-7-11(13)8(2)16(15-7)6-10-5-9(12)3-4-14-10/h3-5H,6H2,1-2H3. The first-order valence-electron chi connectivity index (χ1n) is 4.88. The van der Waals surface area contributed by atoms with Crippen LogP contribution < -0.4 is 0 Å². The van der Waals surface area contributed by atoms with Crippen LogP contribution in [0.1, 0.15) is 17.1 Å². The van der Waals surface area contributed by atoms with Crippen molar-refractivity contribution < 1.29 is 0 Å². The third-order valence-corrected chi connectivity index (χ3v) is 3.17. The zero-order valence-corrected chi connectivity index (χ0v) is 10.5. The van der Waals surface area contributed by atoms with Gasteiger partial charge in [-0.15, -0.1) is 0 Å². The largest absolute Gasteiger partial charge is 0.262 e. The van der Waals surface area contributed by atoms with Crippen LogP contribution in [0, 0.1) is 13.8 Å². The van der Waals surface area contributed by atoms with Gasteiger partial charge >= 0.3 is 0 Å². The van der Waals surface area contributed by atoms with Crippen LogP contribution in [0.15, 0.2) is 18.3 Å². The lowest BCUT2D eigenvalue weighted by atomic mass is 10.3. The molecule has 2 aromatic rings. The van der Waals surface area contributed by atoms with E-state index in [1.807, 2.05) is 24.6 Å². The lowest BCUT2D eigenvalue weighted by Crippen LogP contribution is -2.05. The van der Waals surface area contributed by atoms with Crippen LogP contribution in [0.5, 0.6) is 0 Å². The zero-order chi connectivity index (χ0) is 11.7. The minimum Gasteiger partial charge on any atom is -0.262 e. The van der Waals surface area contributed by atoms with Crippen molar-refractivity contribution in [2.45, 2.75) is 20.4 Å². The molecular weight excluding hydrogens is 245 g/mol. The van der Waals surface area contributed by atoms with Crippen molar-refractivity contribution >= 4 is 23.2 Å². The van der Waals surface area contributed by atoms with Crippen molar-refractivity contribution in [2.75, 3.05) is 0 Å². The highest BCUT2D eigenvalue weighted by atomic mass is 35.5. The van der Waals surface area contributed by atoms with Crippen molar-refractivity contribution in [1.82, 2.24) is 14.8 Å². The molecule has 16 heavy (non-hydrogen) atoms. The first-order valence-corrected chi connectivity index (χ1v) is 5.63. The van der Waals surface area contributed by atoms with Crippen molar-refractivity contribution in [3.8, 4) is 0 Å². The Bertz CT molecular complexity index is 520. The molecule has 0 aliphatic heterocycles. The molecule has 0 amide bonds. The fraction of sp³-hybridized carbons (Fsp3) is 0.273. The van der Waals surface area contributed by atoms with Gasteiger partial charge in [0, 0.05) is 11.2 Å². The summed E-state index contributed by atoms with van der Waals surface area (Å²) in [6, 6.07) is 3.57. The maximum atomic E-state index is 6.07. The second-order valence-electron chi connectivity index (χ2n) is 3.61. The van der Waals surface area contributed by atoms with Crippen LogP contribution in [0.4, 0.5) is 0 Å². The first-order chi connectivity index (χ1) is 7.58. The highest BCUT2D eigenvalue weighted by molar-refractivity contribution is 6.31. The summed E-state index contributed by atoms with van der Waals surface area (Å²) in [5, 5.41) is 5.72. The van der Waals surface area contributed by atoms with Gasteiger partial charge < -0.3 is 0 Å². The molecule has 0 radical (unpaired) electrons. The number of aryl methyl sites for hydroxylation is 1. The number of rotatable bonds is 2. The van der Waals surface area contributed by atoms with Gasteiger partial charge in [-0.1, -0.05) is 23.2 Å². The topological polar surface area (TPSA) is 30.7 Å². The summed E-state index contributed by atoms with van der Waals surface area (Å²) in [5.41, 5.74) is 2.65. The van der Waals surface area contributed by atoms with Crippen molar-refractivity contribution in [3.05, 3.63) is 45.5 Å². The average molecular weight is 256 g/mol. The molecule has 2 aromatic heterocycles. The molecule has 0 saturated carbocycles. The van der Waals surface area contributed by atoms with E-state index in [0.717, 1.165) is 17.1 Å². The summed E-state index contributed by atoms with van der Waals surface area (Å²) in [7, 11) is 0. The lowest BCUT2D eigenvalue weighted by Gasteiger charge is -2.03. The van der Waals surface area contributed by atoms with Gasteiger partial charge in [0.1, 0.15) is 0 Å². The van der Waals surface area contributed by atoms with E-state index in [-0.39, 0.29) is 0 Å². The van der Waals surface area contributed by atoms with E-state index in [9.17, 15) is 0 Å². The van der Waals surface area contributed by atoms with Crippen LogP contribution in [0.3, 0.4) is 0 Å². The molecule has 0 spiro atoms. The van der Waals surface area contributed by atoms with E-state index < -0.39 is 0 Å². The Morgan fingerprint density at radius 3 is 2.62 bits per heavy atom. The summed E-state index contributed by atoms with van der Waals surface area (Å²) in [6.07, 6.45) is 1.69. The van der Waals surface area contributed by atoms with Crippen molar-refractivity contribution in [1.29, 1.82) is 0 Å². The average Bonchev–Trinajstić information content (AvgIpc) is 2.47. The molecule has 0 atom stereocenters. The summed E-state index contributed by atoms with van der Waals surface area (Å²) in [4.78, 5) is 4.23. The zero-order valence-electron chi connectivity index (χ0n) is 9.04. The van der Waals surface area contributed by atoms with E-state index in [4.69, 9.17) is 23.2 Å². The van der Waals surface area contributed by atoms with Crippen LogP contribution in [-0.4, -0.2) is 14.8 Å². The molecular formula is C11H11Cl2N3. The molecule has 2 rings (SSSR count). The molecule has 0 unspecified atom stereocenters. The predicted octanol–water partition coefficient (Wildman–Crippen LogP) is 3.25. The quantitative estimate of drug-likeness (QED) is 0.825. The van der Waals surface area contributed by atoms with Crippen molar-refractivity contribution in [3.63, 3.8) is 0 Å². The number of hydrogen-bond donors (Lipinski definition) is 0. The number of hydrogen-bond acceptors (Lipinski definition) is 2. The molecule has 0 fully saturated rings. The number of nitrogens with zero attached hydrogens (tertiary/aromatic N) is 3. The lowest BCUT2D eigenvalue weighted by molar-refractivity contribution is 0.647. The second kappa shape index (κ2) is 4.44. The van der Waals surface area contributed by atoms with Gasteiger partial charge in [0.15, 0.2) is 0 Å².